The van der Waals surface area contributed by atoms with Crippen molar-refractivity contribution in [2.24, 2.45) is 0 Å². The summed E-state index contributed by atoms with van der Waals surface area (Å²) in [4.78, 5) is 10.6. The summed E-state index contributed by atoms with van der Waals surface area (Å²) < 4.78 is 0. The molecule has 0 radical (unpaired) electrons. The molecule has 2 heteroatoms. The van der Waals surface area contributed by atoms with Crippen LogP contribution in [0.15, 0.2) is 42.5 Å². The summed E-state index contributed by atoms with van der Waals surface area (Å²) in [7, 11) is 0. The first-order valence-corrected chi connectivity index (χ1v) is 7.22. The monoisotopic (exact) mass is 259 g/mol. The molecule has 1 aromatic carbocycles. The van der Waals surface area contributed by atoms with Crippen LogP contribution in [0.25, 0.3) is 0 Å². The molecule has 104 valence electrons. The van der Waals surface area contributed by atoms with Crippen LogP contribution in [0, 0.1) is 0 Å². The van der Waals surface area contributed by atoms with Crippen LogP contribution in [0.2, 0.25) is 0 Å². The minimum Gasteiger partial charge on any atom is -0.353 e. The summed E-state index contributed by atoms with van der Waals surface area (Å²) in [5.74, 6) is 0.0329. The van der Waals surface area contributed by atoms with E-state index in [4.69, 9.17) is 0 Å². The lowest BCUT2D eigenvalue weighted by Crippen LogP contribution is -2.19. The van der Waals surface area contributed by atoms with E-state index in [1.54, 1.807) is 6.92 Å². The molecule has 0 aliphatic carbocycles. The molecule has 1 aromatic rings. The Morgan fingerprint density at radius 3 is 2.53 bits per heavy atom. The topological polar surface area (TPSA) is 29.1 Å². The summed E-state index contributed by atoms with van der Waals surface area (Å²) >= 11 is 0. The van der Waals surface area contributed by atoms with Crippen molar-refractivity contribution in [1.29, 1.82) is 0 Å². The number of aryl methyl sites for hydroxylation is 1. The highest BCUT2D eigenvalue weighted by atomic mass is 16.1. The maximum absolute atomic E-state index is 10.6. The Morgan fingerprint density at radius 1 is 1.05 bits per heavy atom. The van der Waals surface area contributed by atoms with Crippen LogP contribution in [0.4, 0.5) is 0 Å². The highest BCUT2D eigenvalue weighted by molar-refractivity contribution is 5.72. The molecule has 0 aliphatic rings. The Labute approximate surface area is 116 Å². The molecule has 1 rings (SSSR count). The lowest BCUT2D eigenvalue weighted by Gasteiger charge is -2.01. The van der Waals surface area contributed by atoms with Gasteiger partial charge in [-0.1, -0.05) is 55.3 Å². The van der Waals surface area contributed by atoms with Gasteiger partial charge in [0.25, 0.3) is 0 Å². The molecule has 1 amide bonds. The third kappa shape index (κ3) is 9.06. The van der Waals surface area contributed by atoms with E-state index >= 15 is 0 Å². The van der Waals surface area contributed by atoms with Gasteiger partial charge in [-0.25, -0.2) is 0 Å². The second-order valence-electron chi connectivity index (χ2n) is 4.85. The Bertz CT molecular complexity index is 370. The van der Waals surface area contributed by atoms with Gasteiger partial charge in [-0.2, -0.15) is 0 Å². The molecule has 0 saturated carbocycles. The molecule has 19 heavy (non-hydrogen) atoms. The summed E-state index contributed by atoms with van der Waals surface area (Å²) in [6.07, 6.45) is 11.6. The minimum atomic E-state index is 0.0329. The molecule has 1 N–H and O–H groups in total. The Hall–Kier alpha value is -1.57. The molecule has 0 saturated heterocycles. The molecule has 0 aromatic heterocycles. The van der Waals surface area contributed by atoms with Crippen molar-refractivity contribution in [3.05, 3.63) is 48.0 Å². The highest BCUT2D eigenvalue weighted by Crippen LogP contribution is 2.08. The molecule has 0 fully saturated rings. The van der Waals surface area contributed by atoms with Gasteiger partial charge < -0.3 is 5.32 Å². The van der Waals surface area contributed by atoms with Gasteiger partial charge in [-0.05, 0) is 31.2 Å². The van der Waals surface area contributed by atoms with Crippen LogP contribution in [-0.2, 0) is 11.2 Å². The maximum atomic E-state index is 10.6. The third-order valence-corrected chi connectivity index (χ3v) is 3.06. The van der Waals surface area contributed by atoms with Gasteiger partial charge in [-0.15, -0.1) is 0 Å². The zero-order chi connectivity index (χ0) is 13.8. The number of unbranched alkanes of at least 4 members (excludes halogenated alkanes) is 4. The van der Waals surface area contributed by atoms with E-state index in [-0.39, 0.29) is 5.91 Å². The van der Waals surface area contributed by atoms with E-state index in [0.29, 0.717) is 6.54 Å². The number of nitrogens with one attached hydrogen (secondary N) is 1. The Kier molecular flexibility index (Phi) is 8.45. The van der Waals surface area contributed by atoms with Crippen LogP contribution in [0.3, 0.4) is 0 Å². The molecule has 0 aliphatic heterocycles. The van der Waals surface area contributed by atoms with Crippen molar-refractivity contribution in [3.8, 4) is 0 Å². The molecule has 0 atom stereocenters. The molecule has 2 nitrogen and oxygen atoms in total. The largest absolute Gasteiger partial charge is 0.353 e. The SMILES string of the molecule is CC(=O)NCC=CCCCCCCc1ccccc1. The first-order valence-electron chi connectivity index (χ1n) is 7.22. The van der Waals surface area contributed by atoms with E-state index in [1.165, 1.54) is 37.7 Å². The smallest absolute Gasteiger partial charge is 0.217 e. The third-order valence-electron chi connectivity index (χ3n) is 3.06. The highest BCUT2D eigenvalue weighted by Gasteiger charge is 1.92. The number of benzene rings is 1. The first kappa shape index (κ1) is 15.5. The molecule has 0 unspecified atom stereocenters. The van der Waals surface area contributed by atoms with Gasteiger partial charge >= 0.3 is 0 Å². The average molecular weight is 259 g/mol. The standard InChI is InChI=1S/C17H25NO/c1-16(19)18-15-11-6-4-2-3-5-8-12-17-13-9-7-10-14-17/h6-7,9-11,13-14H,2-5,8,12,15H2,1H3,(H,18,19). The van der Waals surface area contributed by atoms with Crippen molar-refractivity contribution in [3.63, 3.8) is 0 Å². The minimum absolute atomic E-state index is 0.0329. The van der Waals surface area contributed by atoms with Crippen LogP contribution < -0.4 is 5.32 Å². The van der Waals surface area contributed by atoms with Gasteiger partial charge in [0.15, 0.2) is 0 Å². The van der Waals surface area contributed by atoms with Gasteiger partial charge in [0.2, 0.25) is 5.91 Å². The zero-order valence-electron chi connectivity index (χ0n) is 11.9. The van der Waals surface area contributed by atoms with Gasteiger partial charge in [0, 0.05) is 13.5 Å². The fourth-order valence-corrected chi connectivity index (χ4v) is 1.99. The van der Waals surface area contributed by atoms with Gasteiger partial charge in [0.1, 0.15) is 0 Å². The second-order valence-corrected chi connectivity index (χ2v) is 4.85. The second kappa shape index (κ2) is 10.4. The number of carbonyl (C=O) groups excluding carboxylic acids is 1. The average Bonchev–Trinajstić information content (AvgIpc) is 2.42. The number of hydrogen-bond acceptors (Lipinski definition) is 1. The number of carbonyl (C=O) groups is 1. The lowest BCUT2D eigenvalue weighted by molar-refractivity contribution is -0.118. The van der Waals surface area contributed by atoms with Crippen molar-refractivity contribution >= 4 is 5.91 Å². The lowest BCUT2D eigenvalue weighted by atomic mass is 10.1. The fraction of sp³-hybridized carbons (Fsp3) is 0.471. The Balaban J connectivity index is 1.90. The number of rotatable bonds is 9. The van der Waals surface area contributed by atoms with Gasteiger partial charge in [0.05, 0.1) is 0 Å². The van der Waals surface area contributed by atoms with Crippen LogP contribution in [0.5, 0.6) is 0 Å². The molecule has 0 spiro atoms. The summed E-state index contributed by atoms with van der Waals surface area (Å²) in [6, 6.07) is 10.7. The summed E-state index contributed by atoms with van der Waals surface area (Å²) in [5, 5.41) is 2.75. The quantitative estimate of drug-likeness (QED) is 0.529. The predicted molar refractivity (Wildman–Crippen MR) is 81.1 cm³/mol. The van der Waals surface area contributed by atoms with Crippen molar-refractivity contribution in [1.82, 2.24) is 5.32 Å². The maximum Gasteiger partial charge on any atom is 0.217 e. The van der Waals surface area contributed by atoms with E-state index in [9.17, 15) is 4.79 Å². The van der Waals surface area contributed by atoms with E-state index in [0.717, 1.165) is 6.42 Å². The van der Waals surface area contributed by atoms with Gasteiger partial charge in [-0.3, -0.25) is 4.79 Å². The zero-order valence-corrected chi connectivity index (χ0v) is 11.9. The fourth-order valence-electron chi connectivity index (χ4n) is 1.99. The van der Waals surface area contributed by atoms with Crippen LogP contribution in [0.1, 0.15) is 44.6 Å². The molecular formula is C17H25NO. The van der Waals surface area contributed by atoms with E-state index in [1.807, 2.05) is 6.08 Å². The number of amides is 1. The van der Waals surface area contributed by atoms with Crippen molar-refractivity contribution in [2.45, 2.75) is 45.4 Å². The number of hydrogen-bond donors (Lipinski definition) is 1. The normalized spacial score (nSPS) is 10.8. The summed E-state index contributed by atoms with van der Waals surface area (Å²) in [6.45, 7) is 2.20. The van der Waals surface area contributed by atoms with Crippen LogP contribution >= 0.6 is 0 Å². The number of allylic oxidation sites excluding steroid dienone is 1. The summed E-state index contributed by atoms with van der Waals surface area (Å²) in [5.41, 5.74) is 1.44. The van der Waals surface area contributed by atoms with Crippen molar-refractivity contribution in [2.75, 3.05) is 6.54 Å². The molecular weight excluding hydrogens is 234 g/mol. The van der Waals surface area contributed by atoms with E-state index < -0.39 is 0 Å². The molecule has 0 heterocycles. The first-order chi connectivity index (χ1) is 9.29. The Morgan fingerprint density at radius 2 is 1.79 bits per heavy atom. The molecule has 0 bridgehead atoms. The van der Waals surface area contributed by atoms with Crippen LogP contribution in [-0.4, -0.2) is 12.5 Å². The predicted octanol–water partition coefficient (Wildman–Crippen LogP) is 3.87. The van der Waals surface area contributed by atoms with Crippen molar-refractivity contribution < 1.29 is 4.79 Å². The van der Waals surface area contributed by atoms with E-state index in [2.05, 4.69) is 41.7 Å².